The molecule has 3 aromatic rings. The van der Waals surface area contributed by atoms with E-state index in [-0.39, 0.29) is 11.2 Å². The molecule has 0 bridgehead atoms. The maximum Gasteiger partial charge on any atom is 0.239 e. The lowest BCUT2D eigenvalue weighted by molar-refractivity contribution is -0.115. The summed E-state index contributed by atoms with van der Waals surface area (Å²) in [6, 6.07) is 4.25. The quantitative estimate of drug-likeness (QED) is 0.675. The van der Waals surface area contributed by atoms with Gasteiger partial charge >= 0.3 is 0 Å². The molecule has 1 N–H and O–H groups in total. The summed E-state index contributed by atoms with van der Waals surface area (Å²) in [6.07, 6.45) is 1.61. The third kappa shape index (κ3) is 3.94. The number of nitrogens with one attached hydrogen (secondary N) is 1. The van der Waals surface area contributed by atoms with Gasteiger partial charge in [0.2, 0.25) is 11.0 Å². The van der Waals surface area contributed by atoms with Crippen molar-refractivity contribution >= 4 is 34.1 Å². The topological polar surface area (TPSA) is 85.6 Å². The first-order valence-corrected chi connectivity index (χ1v) is 9.78. The Morgan fingerprint density at radius 2 is 1.88 bits per heavy atom. The second-order valence-electron chi connectivity index (χ2n) is 6.16. The van der Waals surface area contributed by atoms with Gasteiger partial charge in [0.05, 0.1) is 5.25 Å². The molecule has 136 valence electrons. The highest BCUT2D eigenvalue weighted by Gasteiger charge is 2.19. The number of benzene rings is 1. The van der Waals surface area contributed by atoms with Crippen molar-refractivity contribution in [2.75, 3.05) is 5.32 Å². The average molecular weight is 389 g/mol. The summed E-state index contributed by atoms with van der Waals surface area (Å²) < 4.78 is 1.78. The van der Waals surface area contributed by atoms with Crippen LogP contribution in [0.4, 0.5) is 5.13 Å². The first kappa shape index (κ1) is 18.5. The van der Waals surface area contributed by atoms with Crippen molar-refractivity contribution in [2.24, 2.45) is 7.05 Å². The number of anilines is 1. The molecule has 0 spiro atoms. The molecule has 0 unspecified atom stereocenters. The highest BCUT2D eigenvalue weighted by atomic mass is 32.2. The molecule has 0 fully saturated rings. The van der Waals surface area contributed by atoms with Gasteiger partial charge in [0.15, 0.2) is 5.16 Å². The van der Waals surface area contributed by atoms with Crippen LogP contribution in [0.5, 0.6) is 0 Å². The van der Waals surface area contributed by atoms with Gasteiger partial charge in [-0.3, -0.25) is 10.1 Å². The van der Waals surface area contributed by atoms with Gasteiger partial charge in [0.25, 0.3) is 0 Å². The molecule has 26 heavy (non-hydrogen) atoms. The van der Waals surface area contributed by atoms with Gasteiger partial charge in [0.1, 0.15) is 11.3 Å². The molecular formula is C17H20N6OS2. The predicted molar refractivity (Wildman–Crippen MR) is 105 cm³/mol. The Bertz CT molecular complexity index is 925. The van der Waals surface area contributed by atoms with Crippen LogP contribution in [-0.2, 0) is 11.8 Å². The third-order valence-electron chi connectivity index (χ3n) is 3.87. The van der Waals surface area contributed by atoms with Crippen LogP contribution in [0.25, 0.3) is 10.6 Å². The van der Waals surface area contributed by atoms with E-state index in [4.69, 9.17) is 0 Å². The number of aryl methyl sites for hydroxylation is 4. The number of rotatable bonds is 5. The molecule has 1 amide bonds. The molecule has 0 radical (unpaired) electrons. The molecule has 2 heterocycles. The van der Waals surface area contributed by atoms with Crippen LogP contribution in [-0.4, -0.2) is 36.1 Å². The average Bonchev–Trinajstić information content (AvgIpc) is 3.16. The number of hydrogen-bond acceptors (Lipinski definition) is 7. The van der Waals surface area contributed by atoms with E-state index < -0.39 is 0 Å². The number of carbonyl (C=O) groups excluding carboxylic acids is 1. The first-order valence-electron chi connectivity index (χ1n) is 8.08. The van der Waals surface area contributed by atoms with Gasteiger partial charge in [-0.2, -0.15) is 0 Å². The minimum atomic E-state index is -0.326. The molecule has 1 atom stereocenters. The second kappa shape index (κ2) is 7.55. The van der Waals surface area contributed by atoms with Gasteiger partial charge in [-0.15, -0.1) is 20.4 Å². The number of carbonyl (C=O) groups is 1. The van der Waals surface area contributed by atoms with E-state index in [2.05, 4.69) is 58.6 Å². The predicted octanol–water partition coefficient (Wildman–Crippen LogP) is 3.38. The number of thioether (sulfide) groups is 1. The lowest BCUT2D eigenvalue weighted by atomic mass is 10.0. The fourth-order valence-corrected chi connectivity index (χ4v) is 4.40. The molecule has 7 nitrogen and oxygen atoms in total. The summed E-state index contributed by atoms with van der Waals surface area (Å²) in [6.45, 7) is 8.03. The maximum absolute atomic E-state index is 12.4. The first-order chi connectivity index (χ1) is 12.3. The SMILES string of the molecule is Cc1cc(C)c(-c2nnc(NC(=O)[C@@H](C)Sc3nncn3C)s2)c(C)c1. The molecule has 0 aliphatic carbocycles. The Labute approximate surface area is 160 Å². The van der Waals surface area contributed by atoms with Crippen molar-refractivity contribution in [3.63, 3.8) is 0 Å². The zero-order valence-electron chi connectivity index (χ0n) is 15.3. The van der Waals surface area contributed by atoms with E-state index in [0.29, 0.717) is 10.3 Å². The molecule has 0 aliphatic heterocycles. The van der Waals surface area contributed by atoms with Crippen molar-refractivity contribution in [3.8, 4) is 10.6 Å². The Morgan fingerprint density at radius 3 is 2.50 bits per heavy atom. The molecule has 0 aliphatic rings. The normalized spacial score (nSPS) is 12.2. The largest absolute Gasteiger partial charge is 0.312 e. The van der Waals surface area contributed by atoms with E-state index in [1.54, 1.807) is 10.9 Å². The van der Waals surface area contributed by atoms with Crippen molar-refractivity contribution in [1.29, 1.82) is 0 Å². The van der Waals surface area contributed by atoms with Crippen LogP contribution >= 0.6 is 23.1 Å². The van der Waals surface area contributed by atoms with Gasteiger partial charge in [-0.1, -0.05) is 40.8 Å². The van der Waals surface area contributed by atoms with E-state index in [0.717, 1.165) is 21.7 Å². The highest BCUT2D eigenvalue weighted by Crippen LogP contribution is 2.32. The lowest BCUT2D eigenvalue weighted by Gasteiger charge is -2.09. The van der Waals surface area contributed by atoms with E-state index in [1.165, 1.54) is 28.7 Å². The Kier molecular flexibility index (Phi) is 5.38. The standard InChI is InChI=1S/C17H20N6OS2/c1-9-6-10(2)13(11(3)7-9)15-20-21-16(26-15)19-14(24)12(4)25-17-22-18-8-23(17)5/h6-8,12H,1-5H3,(H,19,21,24)/t12-/m1/s1. The Balaban J connectivity index is 1.72. The van der Waals surface area contributed by atoms with Crippen LogP contribution < -0.4 is 5.32 Å². The van der Waals surface area contributed by atoms with Gasteiger partial charge in [-0.05, 0) is 38.8 Å². The summed E-state index contributed by atoms with van der Waals surface area (Å²) in [4.78, 5) is 12.4. The zero-order valence-corrected chi connectivity index (χ0v) is 16.9. The minimum absolute atomic E-state index is 0.141. The molecule has 9 heteroatoms. The van der Waals surface area contributed by atoms with Crippen molar-refractivity contribution in [2.45, 2.75) is 38.1 Å². The van der Waals surface area contributed by atoms with Crippen LogP contribution in [0, 0.1) is 20.8 Å². The Hall–Kier alpha value is -2.26. The van der Waals surface area contributed by atoms with Gasteiger partial charge < -0.3 is 4.57 Å². The lowest BCUT2D eigenvalue weighted by Crippen LogP contribution is -2.22. The molecule has 0 saturated carbocycles. The van der Waals surface area contributed by atoms with Crippen molar-refractivity contribution in [3.05, 3.63) is 35.2 Å². The summed E-state index contributed by atoms with van der Waals surface area (Å²) in [7, 11) is 1.84. The van der Waals surface area contributed by atoms with E-state index >= 15 is 0 Å². The van der Waals surface area contributed by atoms with Crippen LogP contribution in [0.3, 0.4) is 0 Å². The molecule has 1 aromatic carbocycles. The van der Waals surface area contributed by atoms with Crippen molar-refractivity contribution in [1.82, 2.24) is 25.0 Å². The third-order valence-corrected chi connectivity index (χ3v) is 5.87. The smallest absolute Gasteiger partial charge is 0.239 e. The Morgan fingerprint density at radius 1 is 1.19 bits per heavy atom. The van der Waals surface area contributed by atoms with Crippen LogP contribution in [0.2, 0.25) is 0 Å². The molecular weight excluding hydrogens is 368 g/mol. The molecule has 3 rings (SSSR count). The number of aromatic nitrogens is 5. The zero-order chi connectivity index (χ0) is 18.8. The number of nitrogens with zero attached hydrogens (tertiary/aromatic N) is 5. The molecule has 2 aromatic heterocycles. The number of hydrogen-bond donors (Lipinski definition) is 1. The highest BCUT2D eigenvalue weighted by molar-refractivity contribution is 8.00. The van der Waals surface area contributed by atoms with E-state index in [9.17, 15) is 4.79 Å². The maximum atomic E-state index is 12.4. The fraction of sp³-hybridized carbons (Fsp3) is 0.353. The minimum Gasteiger partial charge on any atom is -0.312 e. The van der Waals surface area contributed by atoms with Crippen molar-refractivity contribution < 1.29 is 4.79 Å². The van der Waals surface area contributed by atoms with Crippen LogP contribution in [0.1, 0.15) is 23.6 Å². The van der Waals surface area contributed by atoms with E-state index in [1.807, 2.05) is 14.0 Å². The molecule has 0 saturated heterocycles. The summed E-state index contributed by atoms with van der Waals surface area (Å²) in [5.74, 6) is -0.141. The summed E-state index contributed by atoms with van der Waals surface area (Å²) in [5.41, 5.74) is 4.61. The summed E-state index contributed by atoms with van der Waals surface area (Å²) in [5, 5.41) is 20.7. The van der Waals surface area contributed by atoms with Crippen LogP contribution in [0.15, 0.2) is 23.6 Å². The monoisotopic (exact) mass is 388 g/mol. The van der Waals surface area contributed by atoms with Gasteiger partial charge in [-0.25, -0.2) is 0 Å². The fourth-order valence-electron chi connectivity index (χ4n) is 2.69. The summed E-state index contributed by atoms with van der Waals surface area (Å²) >= 11 is 2.73. The van der Waals surface area contributed by atoms with Gasteiger partial charge in [0, 0.05) is 12.6 Å². The second-order valence-corrected chi connectivity index (χ2v) is 8.45. The number of amides is 1.